The molecule has 0 fully saturated rings. The van der Waals surface area contributed by atoms with E-state index in [0.29, 0.717) is 5.56 Å². The second-order valence-corrected chi connectivity index (χ2v) is 5.29. The first-order chi connectivity index (χ1) is 12.1. The number of carbonyl (C=O) groups is 2. The van der Waals surface area contributed by atoms with E-state index in [-0.39, 0.29) is 17.0 Å². The first-order valence-electron chi connectivity index (χ1n) is 7.45. The van der Waals surface area contributed by atoms with Gasteiger partial charge in [0.15, 0.2) is 5.71 Å². The molecule has 0 radical (unpaired) electrons. The third-order valence-electron chi connectivity index (χ3n) is 3.63. The van der Waals surface area contributed by atoms with Crippen LogP contribution < -0.4 is 5.43 Å². The molecule has 1 amide bonds. The van der Waals surface area contributed by atoms with Gasteiger partial charge in [0.1, 0.15) is 5.75 Å². The number of rotatable bonds is 4. The summed E-state index contributed by atoms with van der Waals surface area (Å²) in [5.41, 5.74) is 2.27. The SMILES string of the molecule is O=C(O)/C(=N/NC(=O)c1cc2ccccc2cc1O)c1ccccc1. The highest BCUT2D eigenvalue weighted by Crippen LogP contribution is 2.24. The molecule has 0 aliphatic rings. The van der Waals surface area contributed by atoms with Crippen LogP contribution in [0.25, 0.3) is 10.8 Å². The number of nitrogens with zero attached hydrogens (tertiary/aromatic N) is 1. The molecule has 3 N–H and O–H groups in total. The van der Waals surface area contributed by atoms with Crippen molar-refractivity contribution in [2.45, 2.75) is 0 Å². The number of hydrogen-bond donors (Lipinski definition) is 3. The fraction of sp³-hybridized carbons (Fsp3) is 0. The molecule has 0 heterocycles. The summed E-state index contributed by atoms with van der Waals surface area (Å²) < 4.78 is 0. The van der Waals surface area contributed by atoms with E-state index in [1.54, 1.807) is 30.3 Å². The van der Waals surface area contributed by atoms with Gasteiger partial charge in [0.2, 0.25) is 0 Å². The molecular formula is C19H14N2O4. The standard InChI is InChI=1S/C19H14N2O4/c22-16-11-14-9-5-4-8-13(14)10-15(16)18(23)21-20-17(19(24)25)12-6-2-1-3-7-12/h1-11,22H,(H,21,23)(H,24,25)/b20-17+. The lowest BCUT2D eigenvalue weighted by atomic mass is 10.1. The van der Waals surface area contributed by atoms with Gasteiger partial charge in [-0.3, -0.25) is 4.79 Å². The molecule has 6 heteroatoms. The van der Waals surface area contributed by atoms with Crippen LogP contribution in [0.4, 0.5) is 0 Å². The zero-order valence-corrected chi connectivity index (χ0v) is 13.0. The number of phenols is 1. The average Bonchev–Trinajstić information content (AvgIpc) is 2.61. The van der Waals surface area contributed by atoms with Gasteiger partial charge in [-0.2, -0.15) is 5.10 Å². The number of hydrazone groups is 1. The quantitative estimate of drug-likeness (QED) is 0.504. The Labute approximate surface area is 143 Å². The topological polar surface area (TPSA) is 99.0 Å². The van der Waals surface area contributed by atoms with E-state index in [1.807, 2.05) is 24.3 Å². The summed E-state index contributed by atoms with van der Waals surface area (Å²) in [5, 5.41) is 24.6. The average molecular weight is 334 g/mol. The molecule has 0 saturated heterocycles. The number of hydrogen-bond acceptors (Lipinski definition) is 4. The number of fused-ring (bicyclic) bond motifs is 1. The molecule has 6 nitrogen and oxygen atoms in total. The van der Waals surface area contributed by atoms with Crippen molar-refractivity contribution in [3.05, 3.63) is 77.9 Å². The maximum Gasteiger partial charge on any atom is 0.356 e. The highest BCUT2D eigenvalue weighted by Gasteiger charge is 2.15. The molecule has 3 aromatic rings. The van der Waals surface area contributed by atoms with Gasteiger partial charge in [0.05, 0.1) is 5.56 Å². The van der Waals surface area contributed by atoms with Gasteiger partial charge < -0.3 is 10.2 Å². The number of carbonyl (C=O) groups excluding carboxylic acids is 1. The van der Waals surface area contributed by atoms with Crippen LogP contribution in [0.5, 0.6) is 5.75 Å². The molecule has 0 unspecified atom stereocenters. The summed E-state index contributed by atoms with van der Waals surface area (Å²) in [6.07, 6.45) is 0. The van der Waals surface area contributed by atoms with Crippen LogP contribution in [-0.4, -0.2) is 27.8 Å². The predicted octanol–water partition coefficient (Wildman–Crippen LogP) is 2.76. The Morgan fingerprint density at radius 3 is 2.12 bits per heavy atom. The van der Waals surface area contributed by atoms with Crippen molar-refractivity contribution in [2.75, 3.05) is 0 Å². The Bertz CT molecular complexity index is 981. The fourth-order valence-corrected chi connectivity index (χ4v) is 2.41. The number of benzene rings is 3. The zero-order chi connectivity index (χ0) is 17.8. The molecule has 3 rings (SSSR count). The molecule has 124 valence electrons. The first kappa shape index (κ1) is 16.2. The van der Waals surface area contributed by atoms with Crippen LogP contribution >= 0.6 is 0 Å². The van der Waals surface area contributed by atoms with Crippen molar-refractivity contribution in [2.24, 2.45) is 5.10 Å². The second kappa shape index (κ2) is 6.84. The third-order valence-corrected chi connectivity index (χ3v) is 3.63. The normalized spacial score (nSPS) is 11.3. The predicted molar refractivity (Wildman–Crippen MR) is 93.7 cm³/mol. The number of amides is 1. The summed E-state index contributed by atoms with van der Waals surface area (Å²) in [6.45, 7) is 0. The van der Waals surface area contributed by atoms with E-state index in [2.05, 4.69) is 10.5 Å². The number of carboxylic acids is 1. The lowest BCUT2D eigenvalue weighted by Gasteiger charge is -2.07. The molecule has 0 aliphatic carbocycles. The highest BCUT2D eigenvalue weighted by atomic mass is 16.4. The van der Waals surface area contributed by atoms with Crippen LogP contribution in [-0.2, 0) is 4.79 Å². The van der Waals surface area contributed by atoms with Gasteiger partial charge in [-0.05, 0) is 22.9 Å². The number of carboxylic acid groups (broad SMARTS) is 1. The minimum atomic E-state index is -1.27. The maximum absolute atomic E-state index is 12.3. The molecule has 3 aromatic carbocycles. The van der Waals surface area contributed by atoms with Gasteiger partial charge >= 0.3 is 5.97 Å². The van der Waals surface area contributed by atoms with E-state index in [1.165, 1.54) is 12.1 Å². The molecule has 0 atom stereocenters. The van der Waals surface area contributed by atoms with Gasteiger partial charge in [-0.15, -0.1) is 0 Å². The number of aromatic hydroxyl groups is 1. The summed E-state index contributed by atoms with van der Waals surface area (Å²) in [5.74, 6) is -2.17. The largest absolute Gasteiger partial charge is 0.507 e. The first-order valence-corrected chi connectivity index (χ1v) is 7.45. The summed E-state index contributed by atoms with van der Waals surface area (Å²) in [6, 6.07) is 18.5. The zero-order valence-electron chi connectivity index (χ0n) is 13.0. The van der Waals surface area contributed by atoms with Crippen molar-refractivity contribution >= 4 is 28.4 Å². The monoisotopic (exact) mass is 334 g/mol. The Balaban J connectivity index is 1.91. The van der Waals surface area contributed by atoms with Crippen molar-refractivity contribution < 1.29 is 19.8 Å². The van der Waals surface area contributed by atoms with Crippen molar-refractivity contribution in [1.82, 2.24) is 5.43 Å². The summed E-state index contributed by atoms with van der Waals surface area (Å²) in [7, 11) is 0. The van der Waals surface area contributed by atoms with E-state index >= 15 is 0 Å². The van der Waals surface area contributed by atoms with Gasteiger partial charge in [0.25, 0.3) is 5.91 Å². The number of phenolic OH excluding ortho intramolecular Hbond substituents is 1. The lowest BCUT2D eigenvalue weighted by molar-refractivity contribution is -0.129. The minimum Gasteiger partial charge on any atom is -0.507 e. The lowest BCUT2D eigenvalue weighted by Crippen LogP contribution is -2.24. The smallest absolute Gasteiger partial charge is 0.356 e. The Kier molecular flexibility index (Phi) is 4.43. The van der Waals surface area contributed by atoms with E-state index in [9.17, 15) is 19.8 Å². The van der Waals surface area contributed by atoms with E-state index in [4.69, 9.17) is 0 Å². The summed E-state index contributed by atoms with van der Waals surface area (Å²) in [4.78, 5) is 23.7. The molecule has 0 spiro atoms. The van der Waals surface area contributed by atoms with Gasteiger partial charge in [0, 0.05) is 5.56 Å². The van der Waals surface area contributed by atoms with Crippen molar-refractivity contribution in [3.8, 4) is 5.75 Å². The van der Waals surface area contributed by atoms with E-state index in [0.717, 1.165) is 10.8 Å². The second-order valence-electron chi connectivity index (χ2n) is 5.29. The molecule has 0 aromatic heterocycles. The molecule has 0 saturated carbocycles. The number of nitrogens with one attached hydrogen (secondary N) is 1. The van der Waals surface area contributed by atoms with Crippen LogP contribution in [0, 0.1) is 0 Å². The highest BCUT2D eigenvalue weighted by molar-refractivity contribution is 6.42. The maximum atomic E-state index is 12.3. The van der Waals surface area contributed by atoms with Crippen molar-refractivity contribution in [3.63, 3.8) is 0 Å². The number of aliphatic carboxylic acids is 1. The van der Waals surface area contributed by atoms with Crippen molar-refractivity contribution in [1.29, 1.82) is 0 Å². The molecular weight excluding hydrogens is 320 g/mol. The minimum absolute atomic E-state index is 0.0141. The van der Waals surface area contributed by atoms with Crippen LogP contribution in [0.2, 0.25) is 0 Å². The molecule has 0 aliphatic heterocycles. The van der Waals surface area contributed by atoms with Gasteiger partial charge in [-0.25, -0.2) is 10.2 Å². The molecule has 25 heavy (non-hydrogen) atoms. The fourth-order valence-electron chi connectivity index (χ4n) is 2.41. The summed E-state index contributed by atoms with van der Waals surface area (Å²) >= 11 is 0. The Morgan fingerprint density at radius 1 is 0.880 bits per heavy atom. The third kappa shape index (κ3) is 3.48. The van der Waals surface area contributed by atoms with Crippen LogP contribution in [0.3, 0.4) is 0 Å². The Hall–Kier alpha value is -3.67. The van der Waals surface area contributed by atoms with Crippen LogP contribution in [0.15, 0.2) is 71.8 Å². The Morgan fingerprint density at radius 2 is 1.48 bits per heavy atom. The van der Waals surface area contributed by atoms with E-state index < -0.39 is 11.9 Å². The molecule has 0 bridgehead atoms. The van der Waals surface area contributed by atoms with Crippen LogP contribution in [0.1, 0.15) is 15.9 Å². The van der Waals surface area contributed by atoms with Gasteiger partial charge in [-0.1, -0.05) is 54.6 Å².